The molecule has 198 valence electrons. The van der Waals surface area contributed by atoms with Crippen LogP contribution in [0.15, 0.2) is 48.7 Å². The first-order chi connectivity index (χ1) is 18.3. The number of hydrogen-bond donors (Lipinski definition) is 3. The van der Waals surface area contributed by atoms with E-state index in [0.717, 1.165) is 54.1 Å². The van der Waals surface area contributed by atoms with E-state index < -0.39 is 5.41 Å². The summed E-state index contributed by atoms with van der Waals surface area (Å²) in [6, 6.07) is 14.3. The molecule has 3 heterocycles. The van der Waals surface area contributed by atoms with Crippen LogP contribution in [0, 0.1) is 0 Å². The Bertz CT molecular complexity index is 1350. The predicted octanol–water partition coefficient (Wildman–Crippen LogP) is 4.55. The summed E-state index contributed by atoms with van der Waals surface area (Å²) in [6.07, 6.45) is 4.84. The molecule has 1 saturated heterocycles. The van der Waals surface area contributed by atoms with Gasteiger partial charge in [-0.25, -0.2) is 9.97 Å². The number of fused-ring (bicyclic) bond motifs is 1. The van der Waals surface area contributed by atoms with Gasteiger partial charge in [-0.05, 0) is 80.3 Å². The van der Waals surface area contributed by atoms with Gasteiger partial charge in [0.15, 0.2) is 0 Å². The number of halogens is 1. The molecule has 0 atom stereocenters. The van der Waals surface area contributed by atoms with Crippen LogP contribution in [0.25, 0.3) is 0 Å². The van der Waals surface area contributed by atoms with Crippen LogP contribution in [0.1, 0.15) is 55.0 Å². The number of aryl methyl sites for hydroxylation is 2. The number of piperidine rings is 1. The molecule has 0 bridgehead atoms. The van der Waals surface area contributed by atoms with Gasteiger partial charge in [-0.2, -0.15) is 0 Å². The zero-order chi connectivity index (χ0) is 26.9. The van der Waals surface area contributed by atoms with Crippen LogP contribution >= 0.6 is 11.6 Å². The highest BCUT2D eigenvalue weighted by Gasteiger charge is 2.39. The van der Waals surface area contributed by atoms with Crippen LogP contribution in [-0.2, 0) is 27.8 Å². The average molecular weight is 533 g/mol. The van der Waals surface area contributed by atoms with Crippen molar-refractivity contribution in [1.82, 2.24) is 14.9 Å². The SMILES string of the molecule is CC1(C)C(=O)Nc2cccc(CCc3nc(Nc4ccc(C5CCN(C(=O)CN)CC5)cc4)ncc3Cl)c21. The second kappa shape index (κ2) is 10.7. The van der Waals surface area contributed by atoms with Crippen molar-refractivity contribution < 1.29 is 9.59 Å². The van der Waals surface area contributed by atoms with E-state index in [4.69, 9.17) is 17.3 Å². The Morgan fingerprint density at radius 1 is 1.16 bits per heavy atom. The summed E-state index contributed by atoms with van der Waals surface area (Å²) in [5.41, 5.74) is 10.9. The van der Waals surface area contributed by atoms with E-state index in [1.54, 1.807) is 6.20 Å². The Hall–Kier alpha value is -3.49. The van der Waals surface area contributed by atoms with E-state index in [-0.39, 0.29) is 18.4 Å². The van der Waals surface area contributed by atoms with Crippen LogP contribution in [0.4, 0.5) is 17.3 Å². The molecule has 0 aliphatic carbocycles. The Morgan fingerprint density at radius 3 is 2.61 bits per heavy atom. The second-order valence-corrected chi connectivity index (χ2v) is 10.9. The van der Waals surface area contributed by atoms with Gasteiger partial charge in [-0.15, -0.1) is 0 Å². The molecular weight excluding hydrogens is 500 g/mol. The molecule has 4 N–H and O–H groups in total. The minimum atomic E-state index is -0.570. The van der Waals surface area contributed by atoms with Crippen molar-refractivity contribution >= 4 is 40.7 Å². The molecule has 1 fully saturated rings. The summed E-state index contributed by atoms with van der Waals surface area (Å²) in [6.45, 7) is 5.48. The fraction of sp³-hybridized carbons (Fsp3) is 0.379. The lowest BCUT2D eigenvalue weighted by Gasteiger charge is -2.32. The third-order valence-corrected chi connectivity index (χ3v) is 8.02. The maximum absolute atomic E-state index is 12.4. The highest BCUT2D eigenvalue weighted by molar-refractivity contribution is 6.31. The number of aromatic nitrogens is 2. The molecule has 9 heteroatoms. The Morgan fingerprint density at radius 2 is 1.89 bits per heavy atom. The fourth-order valence-corrected chi connectivity index (χ4v) is 5.68. The van der Waals surface area contributed by atoms with E-state index in [0.29, 0.717) is 29.7 Å². The quantitative estimate of drug-likeness (QED) is 0.411. The summed E-state index contributed by atoms with van der Waals surface area (Å²) in [7, 11) is 0. The summed E-state index contributed by atoms with van der Waals surface area (Å²) in [5, 5.41) is 6.79. The number of carbonyl (C=O) groups is 2. The van der Waals surface area contributed by atoms with Crippen LogP contribution < -0.4 is 16.4 Å². The molecule has 1 aromatic heterocycles. The normalized spacial score (nSPS) is 16.7. The van der Waals surface area contributed by atoms with E-state index in [9.17, 15) is 9.59 Å². The van der Waals surface area contributed by atoms with Crippen molar-refractivity contribution in [3.05, 3.63) is 76.1 Å². The minimum Gasteiger partial charge on any atom is -0.342 e. The largest absolute Gasteiger partial charge is 0.342 e. The molecule has 2 amide bonds. The third kappa shape index (κ3) is 5.24. The minimum absolute atomic E-state index is 0.0182. The lowest BCUT2D eigenvalue weighted by atomic mass is 9.82. The first-order valence-electron chi connectivity index (χ1n) is 13.1. The summed E-state index contributed by atoms with van der Waals surface area (Å²) in [5.74, 6) is 0.957. The number of rotatable bonds is 7. The van der Waals surface area contributed by atoms with Gasteiger partial charge in [0.2, 0.25) is 17.8 Å². The predicted molar refractivity (Wildman–Crippen MR) is 150 cm³/mol. The van der Waals surface area contributed by atoms with E-state index in [1.807, 2.05) is 43.0 Å². The number of nitrogens with one attached hydrogen (secondary N) is 2. The number of likely N-dealkylation sites (tertiary alicyclic amines) is 1. The van der Waals surface area contributed by atoms with Crippen molar-refractivity contribution in [1.29, 1.82) is 0 Å². The molecule has 2 aromatic carbocycles. The molecule has 2 aliphatic rings. The highest BCUT2D eigenvalue weighted by Crippen LogP contribution is 2.40. The van der Waals surface area contributed by atoms with Gasteiger partial charge in [0.25, 0.3) is 0 Å². The van der Waals surface area contributed by atoms with Crippen molar-refractivity contribution in [2.75, 3.05) is 30.3 Å². The van der Waals surface area contributed by atoms with Gasteiger partial charge >= 0.3 is 0 Å². The second-order valence-electron chi connectivity index (χ2n) is 10.5. The monoisotopic (exact) mass is 532 g/mol. The molecule has 0 radical (unpaired) electrons. The van der Waals surface area contributed by atoms with Gasteiger partial charge in [0, 0.05) is 24.5 Å². The van der Waals surface area contributed by atoms with Gasteiger partial charge in [-0.3, -0.25) is 9.59 Å². The molecule has 38 heavy (non-hydrogen) atoms. The molecule has 0 spiro atoms. The standard InChI is InChI=1S/C29H33ClN6O2/c1-29(2)26-20(4-3-5-24(26)34-27(29)38)8-11-23-22(30)17-32-28(35-23)33-21-9-6-18(7-10-21)19-12-14-36(15-13-19)25(37)16-31/h3-7,9-10,17,19H,8,11-16,31H2,1-2H3,(H,34,38)(H,32,33,35). The van der Waals surface area contributed by atoms with E-state index in [2.05, 4.69) is 38.8 Å². The molecule has 3 aromatic rings. The average Bonchev–Trinajstić information content (AvgIpc) is 3.17. The maximum atomic E-state index is 12.4. The zero-order valence-electron chi connectivity index (χ0n) is 21.8. The topological polar surface area (TPSA) is 113 Å². The molecule has 8 nitrogen and oxygen atoms in total. The van der Waals surface area contributed by atoms with Crippen LogP contribution in [-0.4, -0.2) is 46.3 Å². The number of nitrogens with two attached hydrogens (primary N) is 1. The Kier molecular flexibility index (Phi) is 7.36. The first-order valence-corrected chi connectivity index (χ1v) is 13.4. The van der Waals surface area contributed by atoms with Crippen molar-refractivity contribution in [2.45, 2.75) is 50.9 Å². The number of anilines is 3. The summed E-state index contributed by atoms with van der Waals surface area (Å²) < 4.78 is 0. The number of nitrogens with zero attached hydrogens (tertiary/aromatic N) is 3. The number of amides is 2. The highest BCUT2D eigenvalue weighted by atomic mass is 35.5. The van der Waals surface area contributed by atoms with Crippen molar-refractivity contribution in [3.8, 4) is 0 Å². The molecule has 2 aliphatic heterocycles. The van der Waals surface area contributed by atoms with Crippen LogP contribution in [0.3, 0.4) is 0 Å². The van der Waals surface area contributed by atoms with Crippen molar-refractivity contribution in [3.63, 3.8) is 0 Å². The van der Waals surface area contributed by atoms with Crippen LogP contribution in [0.2, 0.25) is 5.02 Å². The summed E-state index contributed by atoms with van der Waals surface area (Å²) >= 11 is 6.46. The van der Waals surface area contributed by atoms with E-state index in [1.165, 1.54) is 5.56 Å². The number of benzene rings is 2. The number of hydrogen-bond acceptors (Lipinski definition) is 6. The van der Waals surface area contributed by atoms with Gasteiger partial charge in [-0.1, -0.05) is 35.9 Å². The van der Waals surface area contributed by atoms with Gasteiger partial charge < -0.3 is 21.3 Å². The Balaban J connectivity index is 1.23. The first kappa shape index (κ1) is 26.1. The lowest BCUT2D eigenvalue weighted by Crippen LogP contribution is -2.41. The third-order valence-electron chi connectivity index (χ3n) is 7.70. The zero-order valence-corrected chi connectivity index (χ0v) is 22.5. The van der Waals surface area contributed by atoms with Gasteiger partial charge in [0.05, 0.1) is 28.9 Å². The lowest BCUT2D eigenvalue weighted by molar-refractivity contribution is -0.130. The van der Waals surface area contributed by atoms with Crippen molar-refractivity contribution in [2.24, 2.45) is 5.73 Å². The summed E-state index contributed by atoms with van der Waals surface area (Å²) in [4.78, 5) is 35.2. The molecular formula is C29H33ClN6O2. The maximum Gasteiger partial charge on any atom is 0.236 e. The van der Waals surface area contributed by atoms with Crippen LogP contribution in [0.5, 0.6) is 0 Å². The fourth-order valence-electron chi connectivity index (χ4n) is 5.49. The molecule has 0 saturated carbocycles. The smallest absolute Gasteiger partial charge is 0.236 e. The Labute approximate surface area is 228 Å². The van der Waals surface area contributed by atoms with Gasteiger partial charge in [0.1, 0.15) is 0 Å². The van der Waals surface area contributed by atoms with E-state index >= 15 is 0 Å². The molecule has 0 unspecified atom stereocenters. The number of carbonyl (C=O) groups excluding carboxylic acids is 2. The molecule has 5 rings (SSSR count).